The average Bonchev–Trinajstić information content (AvgIpc) is 2.36. The van der Waals surface area contributed by atoms with Crippen LogP contribution < -0.4 is 11.1 Å². The number of carbonyl (C=O) groups is 2. The van der Waals surface area contributed by atoms with E-state index in [0.717, 1.165) is 4.90 Å². The topological polar surface area (TPSA) is 75.4 Å². The zero-order valence-electron chi connectivity index (χ0n) is 11.0. The van der Waals surface area contributed by atoms with E-state index in [0.29, 0.717) is 5.92 Å². The molecule has 0 radical (unpaired) electrons. The van der Waals surface area contributed by atoms with Gasteiger partial charge in [-0.3, -0.25) is 9.69 Å². The highest BCUT2D eigenvalue weighted by Crippen LogP contribution is 2.24. The fraction of sp³-hybridized carbons (Fsp3) is 0.692. The van der Waals surface area contributed by atoms with Gasteiger partial charge < -0.3 is 11.1 Å². The molecule has 1 saturated carbocycles. The SMILES string of the molecule is CC(=O)N(CCN)C(=O)N/C=C/C1CCCCC1. The van der Waals surface area contributed by atoms with E-state index < -0.39 is 6.03 Å². The molecule has 0 heterocycles. The molecule has 0 saturated heterocycles. The van der Waals surface area contributed by atoms with Gasteiger partial charge in [0.15, 0.2) is 0 Å². The maximum Gasteiger partial charge on any atom is 0.328 e. The minimum Gasteiger partial charge on any atom is -0.329 e. The summed E-state index contributed by atoms with van der Waals surface area (Å²) in [6.45, 7) is 1.89. The Morgan fingerprint density at radius 2 is 2.00 bits per heavy atom. The number of hydrogen-bond donors (Lipinski definition) is 2. The minimum absolute atomic E-state index is 0.248. The molecule has 0 aliphatic heterocycles. The van der Waals surface area contributed by atoms with E-state index in [9.17, 15) is 9.59 Å². The number of hydrogen-bond acceptors (Lipinski definition) is 3. The third-order valence-electron chi connectivity index (χ3n) is 3.20. The molecule has 1 aliphatic rings. The number of rotatable bonds is 4. The summed E-state index contributed by atoms with van der Waals surface area (Å²) in [6, 6.07) is -0.403. The Morgan fingerprint density at radius 1 is 1.33 bits per heavy atom. The van der Waals surface area contributed by atoms with Gasteiger partial charge in [0, 0.05) is 26.2 Å². The molecule has 1 fully saturated rings. The number of allylic oxidation sites excluding steroid dienone is 1. The van der Waals surface area contributed by atoms with Gasteiger partial charge in [0.1, 0.15) is 0 Å². The van der Waals surface area contributed by atoms with Gasteiger partial charge in [-0.1, -0.05) is 25.3 Å². The van der Waals surface area contributed by atoms with Gasteiger partial charge in [0.05, 0.1) is 0 Å². The van der Waals surface area contributed by atoms with Crippen molar-refractivity contribution in [3.63, 3.8) is 0 Å². The Morgan fingerprint density at radius 3 is 2.56 bits per heavy atom. The van der Waals surface area contributed by atoms with Gasteiger partial charge in [-0.15, -0.1) is 0 Å². The largest absolute Gasteiger partial charge is 0.329 e. The van der Waals surface area contributed by atoms with Crippen LogP contribution in [0.2, 0.25) is 0 Å². The second-order valence-corrected chi connectivity index (χ2v) is 4.67. The van der Waals surface area contributed by atoms with Crippen LogP contribution in [0.4, 0.5) is 4.79 Å². The van der Waals surface area contributed by atoms with Crippen molar-refractivity contribution in [1.29, 1.82) is 0 Å². The zero-order valence-corrected chi connectivity index (χ0v) is 11.0. The highest BCUT2D eigenvalue weighted by molar-refractivity contribution is 5.93. The minimum atomic E-state index is -0.403. The summed E-state index contributed by atoms with van der Waals surface area (Å²) in [5, 5.41) is 2.63. The quantitative estimate of drug-likeness (QED) is 0.799. The third-order valence-corrected chi connectivity index (χ3v) is 3.20. The van der Waals surface area contributed by atoms with Crippen molar-refractivity contribution >= 4 is 11.9 Å². The predicted octanol–water partition coefficient (Wildman–Crippen LogP) is 1.60. The van der Waals surface area contributed by atoms with Gasteiger partial charge in [-0.05, 0) is 18.8 Å². The molecule has 0 aromatic heterocycles. The maximum absolute atomic E-state index is 11.7. The van der Waals surface area contributed by atoms with E-state index in [1.165, 1.54) is 39.0 Å². The molecule has 0 aromatic carbocycles. The van der Waals surface area contributed by atoms with Gasteiger partial charge in [-0.25, -0.2) is 4.79 Å². The summed E-state index contributed by atoms with van der Waals surface area (Å²) in [5.41, 5.74) is 5.36. The van der Waals surface area contributed by atoms with Crippen LogP contribution in [0.15, 0.2) is 12.3 Å². The Balaban J connectivity index is 2.38. The van der Waals surface area contributed by atoms with Crippen molar-refractivity contribution in [2.75, 3.05) is 13.1 Å². The summed E-state index contributed by atoms with van der Waals surface area (Å²) >= 11 is 0. The molecule has 102 valence electrons. The molecule has 18 heavy (non-hydrogen) atoms. The van der Waals surface area contributed by atoms with E-state index in [1.807, 2.05) is 6.08 Å². The van der Waals surface area contributed by atoms with Gasteiger partial charge in [0.25, 0.3) is 0 Å². The fourth-order valence-electron chi connectivity index (χ4n) is 2.19. The van der Waals surface area contributed by atoms with Crippen molar-refractivity contribution < 1.29 is 9.59 Å². The molecule has 0 spiro atoms. The number of nitrogens with one attached hydrogen (secondary N) is 1. The van der Waals surface area contributed by atoms with Crippen LogP contribution >= 0.6 is 0 Å². The Labute approximate surface area is 108 Å². The van der Waals surface area contributed by atoms with Gasteiger partial charge in [-0.2, -0.15) is 0 Å². The number of amides is 3. The first kappa shape index (κ1) is 14.7. The molecule has 5 nitrogen and oxygen atoms in total. The molecular formula is C13H23N3O2. The summed E-state index contributed by atoms with van der Waals surface area (Å²) in [6.07, 6.45) is 9.89. The second-order valence-electron chi connectivity index (χ2n) is 4.67. The normalized spacial score (nSPS) is 16.8. The van der Waals surface area contributed by atoms with Crippen LogP contribution in [0, 0.1) is 5.92 Å². The fourth-order valence-corrected chi connectivity index (χ4v) is 2.19. The molecule has 5 heteroatoms. The standard InChI is InChI=1S/C13H23N3O2/c1-11(17)16(10-8-14)13(18)15-9-7-12-5-3-2-4-6-12/h7,9,12H,2-6,8,10,14H2,1H3,(H,15,18)/b9-7+. The summed E-state index contributed by atoms with van der Waals surface area (Å²) in [4.78, 5) is 24.0. The van der Waals surface area contributed by atoms with E-state index in [4.69, 9.17) is 5.73 Å². The molecule has 0 bridgehead atoms. The van der Waals surface area contributed by atoms with E-state index >= 15 is 0 Å². The highest BCUT2D eigenvalue weighted by atomic mass is 16.2. The Hall–Kier alpha value is -1.36. The molecule has 0 atom stereocenters. The van der Waals surface area contributed by atoms with Gasteiger partial charge in [0.2, 0.25) is 5.91 Å². The Bertz CT molecular complexity index is 309. The van der Waals surface area contributed by atoms with Crippen LogP contribution in [-0.4, -0.2) is 29.9 Å². The summed E-state index contributed by atoms with van der Waals surface area (Å²) < 4.78 is 0. The van der Waals surface area contributed by atoms with Gasteiger partial charge >= 0.3 is 6.03 Å². The average molecular weight is 253 g/mol. The third kappa shape index (κ3) is 4.87. The number of nitrogens with two attached hydrogens (primary N) is 1. The molecule has 1 aliphatic carbocycles. The second kappa shape index (κ2) is 7.87. The van der Waals surface area contributed by atoms with E-state index in [-0.39, 0.29) is 19.0 Å². The lowest BCUT2D eigenvalue weighted by Crippen LogP contribution is -2.43. The van der Waals surface area contributed by atoms with E-state index in [2.05, 4.69) is 5.32 Å². The monoisotopic (exact) mass is 253 g/mol. The molecule has 1 rings (SSSR count). The smallest absolute Gasteiger partial charge is 0.328 e. The molecule has 0 unspecified atom stereocenters. The van der Waals surface area contributed by atoms with Crippen molar-refractivity contribution in [2.45, 2.75) is 39.0 Å². The first-order valence-electron chi connectivity index (χ1n) is 6.60. The lowest BCUT2D eigenvalue weighted by molar-refractivity contribution is -0.125. The molecule has 3 amide bonds. The van der Waals surface area contributed by atoms with Crippen LogP contribution in [0.3, 0.4) is 0 Å². The molecular weight excluding hydrogens is 230 g/mol. The van der Waals surface area contributed by atoms with E-state index in [1.54, 1.807) is 6.20 Å². The zero-order chi connectivity index (χ0) is 13.4. The number of nitrogens with zero attached hydrogens (tertiary/aromatic N) is 1. The number of carbonyl (C=O) groups excluding carboxylic acids is 2. The molecule has 0 aromatic rings. The Kier molecular flexibility index (Phi) is 6.43. The van der Waals surface area contributed by atoms with Crippen LogP contribution in [-0.2, 0) is 4.79 Å². The molecule has 3 N–H and O–H groups in total. The van der Waals surface area contributed by atoms with Crippen LogP contribution in [0.25, 0.3) is 0 Å². The number of imide groups is 1. The van der Waals surface area contributed by atoms with Crippen LogP contribution in [0.1, 0.15) is 39.0 Å². The van der Waals surface area contributed by atoms with Crippen molar-refractivity contribution in [3.05, 3.63) is 12.3 Å². The van der Waals surface area contributed by atoms with Crippen molar-refractivity contribution in [1.82, 2.24) is 10.2 Å². The summed E-state index contributed by atoms with van der Waals surface area (Å²) in [7, 11) is 0. The lowest BCUT2D eigenvalue weighted by Gasteiger charge is -2.19. The first-order chi connectivity index (χ1) is 8.65. The van der Waals surface area contributed by atoms with Crippen LogP contribution in [0.5, 0.6) is 0 Å². The lowest BCUT2D eigenvalue weighted by atomic mass is 9.89. The summed E-state index contributed by atoms with van der Waals surface area (Å²) in [5.74, 6) is 0.267. The first-order valence-corrected chi connectivity index (χ1v) is 6.60. The predicted molar refractivity (Wildman–Crippen MR) is 70.7 cm³/mol. The number of urea groups is 1. The van der Waals surface area contributed by atoms with Crippen molar-refractivity contribution in [2.24, 2.45) is 11.7 Å². The van der Waals surface area contributed by atoms with Crippen molar-refractivity contribution in [3.8, 4) is 0 Å². The maximum atomic E-state index is 11.7. The highest BCUT2D eigenvalue weighted by Gasteiger charge is 2.15.